The van der Waals surface area contributed by atoms with Crippen LogP contribution < -0.4 is 0 Å². The Bertz CT molecular complexity index is 551. The molecule has 2 atom stereocenters. The molecule has 2 aliphatic rings. The van der Waals surface area contributed by atoms with E-state index in [-0.39, 0.29) is 5.91 Å². The predicted octanol–water partition coefficient (Wildman–Crippen LogP) is 1.58. The van der Waals surface area contributed by atoms with E-state index in [1.165, 1.54) is 0 Å². The first-order valence-corrected chi connectivity index (χ1v) is 9.22. The van der Waals surface area contributed by atoms with Crippen molar-refractivity contribution >= 4 is 5.91 Å². The topological polar surface area (TPSA) is 50.6 Å². The van der Waals surface area contributed by atoms with Gasteiger partial charge < -0.3 is 9.64 Å². The summed E-state index contributed by atoms with van der Waals surface area (Å²) < 4.78 is 7.38. The van der Waals surface area contributed by atoms with Gasteiger partial charge in [-0.15, -0.1) is 0 Å². The van der Waals surface area contributed by atoms with E-state index in [1.807, 2.05) is 21.8 Å². The summed E-state index contributed by atoms with van der Waals surface area (Å²) in [6, 6.07) is 2.77. The number of morpholine rings is 1. The summed E-state index contributed by atoms with van der Waals surface area (Å²) in [5.41, 5.74) is 0.872. The molecule has 0 radical (unpaired) electrons. The Morgan fingerprint density at radius 2 is 2.08 bits per heavy atom. The number of likely N-dealkylation sites (tertiary alicyclic amines) is 1. The van der Waals surface area contributed by atoms with Gasteiger partial charge in [0.2, 0.25) is 5.91 Å². The van der Waals surface area contributed by atoms with Gasteiger partial charge in [0, 0.05) is 44.5 Å². The van der Waals surface area contributed by atoms with Gasteiger partial charge in [-0.1, -0.05) is 13.3 Å². The van der Waals surface area contributed by atoms with E-state index in [1.54, 1.807) is 0 Å². The second kappa shape index (κ2) is 7.66. The van der Waals surface area contributed by atoms with Crippen LogP contribution in [0, 0.1) is 5.92 Å². The van der Waals surface area contributed by atoms with E-state index in [4.69, 9.17) is 4.74 Å². The molecule has 3 rings (SSSR count). The van der Waals surface area contributed by atoms with E-state index < -0.39 is 0 Å². The van der Waals surface area contributed by atoms with Gasteiger partial charge in [-0.05, 0) is 25.8 Å². The lowest BCUT2D eigenvalue weighted by molar-refractivity contribution is -0.129. The van der Waals surface area contributed by atoms with Gasteiger partial charge >= 0.3 is 0 Å². The number of amides is 1. The molecule has 6 nitrogen and oxygen atoms in total. The molecule has 0 unspecified atom stereocenters. The van der Waals surface area contributed by atoms with E-state index in [0.29, 0.717) is 24.4 Å². The van der Waals surface area contributed by atoms with Crippen LogP contribution in [0.5, 0.6) is 0 Å². The van der Waals surface area contributed by atoms with Crippen molar-refractivity contribution in [3.8, 4) is 0 Å². The molecule has 3 heterocycles. The van der Waals surface area contributed by atoms with Crippen LogP contribution in [0.3, 0.4) is 0 Å². The Balaban J connectivity index is 1.60. The van der Waals surface area contributed by atoms with Gasteiger partial charge in [-0.2, -0.15) is 5.10 Å². The van der Waals surface area contributed by atoms with Crippen molar-refractivity contribution in [1.82, 2.24) is 19.6 Å². The van der Waals surface area contributed by atoms with Crippen molar-refractivity contribution in [2.45, 2.75) is 45.7 Å². The normalized spacial score (nSPS) is 25.6. The van der Waals surface area contributed by atoms with Crippen molar-refractivity contribution in [1.29, 1.82) is 0 Å². The van der Waals surface area contributed by atoms with Gasteiger partial charge in [-0.3, -0.25) is 14.4 Å². The third kappa shape index (κ3) is 3.81. The first-order chi connectivity index (χ1) is 11.6. The highest BCUT2D eigenvalue weighted by molar-refractivity contribution is 5.78. The molecule has 1 aromatic rings. The average Bonchev–Trinajstić information content (AvgIpc) is 3.22. The van der Waals surface area contributed by atoms with Crippen molar-refractivity contribution in [3.05, 3.63) is 18.0 Å². The maximum Gasteiger partial charge on any atom is 0.228 e. The largest absolute Gasteiger partial charge is 0.379 e. The molecule has 2 aliphatic heterocycles. The minimum atomic E-state index is 0.207. The lowest BCUT2D eigenvalue weighted by Crippen LogP contribution is -2.47. The average molecular weight is 334 g/mol. The molecule has 1 amide bonds. The molecule has 134 valence electrons. The zero-order valence-electron chi connectivity index (χ0n) is 15.1. The predicted molar refractivity (Wildman–Crippen MR) is 92.9 cm³/mol. The lowest BCUT2D eigenvalue weighted by atomic mass is 9.99. The van der Waals surface area contributed by atoms with Crippen molar-refractivity contribution in [3.63, 3.8) is 0 Å². The van der Waals surface area contributed by atoms with Crippen LogP contribution in [-0.4, -0.2) is 70.9 Å². The molecule has 24 heavy (non-hydrogen) atoms. The fourth-order valence-electron chi connectivity index (χ4n) is 3.81. The number of hydrogen-bond donors (Lipinski definition) is 0. The molecule has 2 saturated heterocycles. The zero-order valence-corrected chi connectivity index (χ0v) is 15.1. The second-order valence-electron chi connectivity index (χ2n) is 7.24. The van der Waals surface area contributed by atoms with Crippen LogP contribution in [0.4, 0.5) is 0 Å². The van der Waals surface area contributed by atoms with Crippen LogP contribution in [0.1, 0.15) is 38.9 Å². The van der Waals surface area contributed by atoms with Crippen LogP contribution in [0.2, 0.25) is 0 Å². The number of carbonyl (C=O) groups excluding carboxylic acids is 1. The molecular weight excluding hydrogens is 304 g/mol. The number of rotatable bonds is 5. The lowest BCUT2D eigenvalue weighted by Gasteiger charge is -2.34. The van der Waals surface area contributed by atoms with Crippen LogP contribution in [0.25, 0.3) is 0 Å². The second-order valence-corrected chi connectivity index (χ2v) is 7.24. The summed E-state index contributed by atoms with van der Waals surface area (Å²) in [5, 5.41) is 4.51. The minimum absolute atomic E-state index is 0.207. The maximum atomic E-state index is 12.7. The maximum absolute atomic E-state index is 12.7. The number of carbonyl (C=O) groups is 1. The number of nitrogens with zero attached hydrogens (tertiary/aromatic N) is 4. The number of hydrogen-bond acceptors (Lipinski definition) is 4. The number of ether oxygens (including phenoxy) is 1. The summed E-state index contributed by atoms with van der Waals surface area (Å²) in [7, 11) is 0. The molecule has 0 bridgehead atoms. The summed E-state index contributed by atoms with van der Waals surface area (Å²) in [6.45, 7) is 11.8. The molecule has 0 aromatic carbocycles. The highest BCUT2D eigenvalue weighted by Gasteiger charge is 2.38. The summed E-state index contributed by atoms with van der Waals surface area (Å²) >= 11 is 0. The van der Waals surface area contributed by atoms with Crippen LogP contribution in [0.15, 0.2) is 12.3 Å². The first-order valence-electron chi connectivity index (χ1n) is 9.22. The van der Waals surface area contributed by atoms with Crippen LogP contribution >= 0.6 is 0 Å². The van der Waals surface area contributed by atoms with Gasteiger partial charge in [0.1, 0.15) is 0 Å². The third-order valence-corrected chi connectivity index (χ3v) is 5.32. The molecule has 0 saturated carbocycles. The fraction of sp³-hybridized carbons (Fsp3) is 0.778. The Labute approximate surface area is 144 Å². The molecule has 2 fully saturated rings. The standard InChI is InChI=1S/C18H30N4O2/c1-4-15-12-21(13-17(15)20-7-9-24-10-8-20)18(23)11-16-5-6-22(19-16)14(2)3/h5-6,14-15,17H,4,7-13H2,1-3H3/t15-,17-/m1/s1. The molecular formula is C18H30N4O2. The molecule has 1 aromatic heterocycles. The zero-order chi connectivity index (χ0) is 17.1. The van der Waals surface area contributed by atoms with Crippen molar-refractivity contribution in [2.24, 2.45) is 5.92 Å². The van der Waals surface area contributed by atoms with E-state index in [0.717, 1.165) is 51.5 Å². The quantitative estimate of drug-likeness (QED) is 0.820. The first kappa shape index (κ1) is 17.4. The monoisotopic (exact) mass is 334 g/mol. The Morgan fingerprint density at radius 1 is 1.33 bits per heavy atom. The summed E-state index contributed by atoms with van der Waals surface area (Å²) in [6.07, 6.45) is 3.49. The summed E-state index contributed by atoms with van der Waals surface area (Å²) in [5.74, 6) is 0.776. The SMILES string of the molecule is CC[C@@H]1CN(C(=O)Cc2ccn(C(C)C)n2)C[C@H]1N1CCOCC1. The molecule has 0 N–H and O–H groups in total. The van der Waals surface area contributed by atoms with Crippen molar-refractivity contribution < 1.29 is 9.53 Å². The third-order valence-electron chi connectivity index (χ3n) is 5.32. The van der Waals surface area contributed by atoms with Gasteiger partial charge in [-0.25, -0.2) is 0 Å². The minimum Gasteiger partial charge on any atom is -0.379 e. The fourth-order valence-corrected chi connectivity index (χ4v) is 3.81. The van der Waals surface area contributed by atoms with E-state index in [9.17, 15) is 4.79 Å². The van der Waals surface area contributed by atoms with Gasteiger partial charge in [0.15, 0.2) is 0 Å². The number of aromatic nitrogens is 2. The highest BCUT2D eigenvalue weighted by Crippen LogP contribution is 2.26. The van der Waals surface area contributed by atoms with E-state index in [2.05, 4.69) is 30.8 Å². The Morgan fingerprint density at radius 3 is 2.71 bits per heavy atom. The van der Waals surface area contributed by atoms with E-state index >= 15 is 0 Å². The van der Waals surface area contributed by atoms with Crippen LogP contribution in [-0.2, 0) is 16.0 Å². The Kier molecular flexibility index (Phi) is 5.56. The highest BCUT2D eigenvalue weighted by atomic mass is 16.5. The molecule has 6 heteroatoms. The molecule has 0 aliphatic carbocycles. The van der Waals surface area contributed by atoms with Gasteiger partial charge in [0.05, 0.1) is 25.3 Å². The summed E-state index contributed by atoms with van der Waals surface area (Å²) in [4.78, 5) is 17.3. The van der Waals surface area contributed by atoms with Crippen molar-refractivity contribution in [2.75, 3.05) is 39.4 Å². The van der Waals surface area contributed by atoms with Gasteiger partial charge in [0.25, 0.3) is 0 Å². The molecule has 0 spiro atoms. The smallest absolute Gasteiger partial charge is 0.228 e. The Hall–Kier alpha value is -1.40.